The number of aromatic nitrogens is 1. The molecule has 2 aliphatic rings. The molecule has 1 unspecified atom stereocenters. The second-order valence-corrected chi connectivity index (χ2v) is 5.21. The number of fused-ring (bicyclic) bond motifs is 1. The lowest BCUT2D eigenvalue weighted by molar-refractivity contribution is 0.0696. The van der Waals surface area contributed by atoms with E-state index in [1.165, 1.54) is 0 Å². The number of carboxylic acids is 1. The topological polar surface area (TPSA) is 71.5 Å². The number of hydrogen-bond acceptors (Lipinski definition) is 4. The zero-order chi connectivity index (χ0) is 13.2. The largest absolute Gasteiger partial charge is 0.478 e. The van der Waals surface area contributed by atoms with Gasteiger partial charge in [-0.2, -0.15) is 0 Å². The molecular formula is C14H18N2O3. The van der Waals surface area contributed by atoms with Crippen molar-refractivity contribution in [1.29, 1.82) is 0 Å². The molecule has 1 aliphatic heterocycles. The molecule has 1 atom stereocenters. The summed E-state index contributed by atoms with van der Waals surface area (Å²) in [4.78, 5) is 15.9. The van der Waals surface area contributed by atoms with Crippen molar-refractivity contribution in [2.24, 2.45) is 0 Å². The Bertz CT molecular complexity index is 496. The molecule has 0 radical (unpaired) electrons. The molecule has 1 aromatic heterocycles. The quantitative estimate of drug-likeness (QED) is 0.870. The third kappa shape index (κ3) is 2.56. The number of aryl methyl sites for hydroxylation is 2. The zero-order valence-corrected chi connectivity index (χ0v) is 10.8. The van der Waals surface area contributed by atoms with E-state index >= 15 is 0 Å². The molecule has 2 heterocycles. The molecule has 1 aromatic rings. The lowest BCUT2D eigenvalue weighted by atomic mass is 10.1. The van der Waals surface area contributed by atoms with E-state index < -0.39 is 5.97 Å². The van der Waals surface area contributed by atoms with Crippen LogP contribution in [0.5, 0.6) is 0 Å². The molecule has 0 bridgehead atoms. The van der Waals surface area contributed by atoms with E-state index in [4.69, 9.17) is 4.74 Å². The average molecular weight is 262 g/mol. The standard InChI is InChI=1S/C14H18N2O3/c17-14(18)11-7-9-3-1-5-12(9)16-13(11)15-10-4-2-6-19-8-10/h7,10H,1-6,8H2,(H,15,16)(H,17,18). The third-order valence-corrected chi connectivity index (χ3v) is 3.78. The van der Waals surface area contributed by atoms with Crippen LogP contribution < -0.4 is 5.32 Å². The molecule has 2 N–H and O–H groups in total. The van der Waals surface area contributed by atoms with Gasteiger partial charge in [0.15, 0.2) is 0 Å². The SMILES string of the molecule is O=C(O)c1cc2c(nc1NC1CCCOC1)CCC2. The molecule has 3 rings (SSSR count). The van der Waals surface area contributed by atoms with Gasteiger partial charge < -0.3 is 15.2 Å². The highest BCUT2D eigenvalue weighted by Crippen LogP contribution is 2.26. The summed E-state index contributed by atoms with van der Waals surface area (Å²) in [6.07, 6.45) is 4.96. The van der Waals surface area contributed by atoms with Gasteiger partial charge in [-0.25, -0.2) is 9.78 Å². The van der Waals surface area contributed by atoms with Crippen molar-refractivity contribution in [1.82, 2.24) is 4.98 Å². The predicted molar refractivity (Wildman–Crippen MR) is 70.7 cm³/mol. The number of anilines is 1. The molecule has 5 nitrogen and oxygen atoms in total. The van der Waals surface area contributed by atoms with Crippen LogP contribution in [0, 0.1) is 0 Å². The van der Waals surface area contributed by atoms with Crippen molar-refractivity contribution >= 4 is 11.8 Å². The van der Waals surface area contributed by atoms with Crippen LogP contribution in [0.3, 0.4) is 0 Å². The predicted octanol–water partition coefficient (Wildman–Crippen LogP) is 1.86. The number of nitrogens with zero attached hydrogens (tertiary/aromatic N) is 1. The lowest BCUT2D eigenvalue weighted by Crippen LogP contribution is -2.31. The fourth-order valence-electron chi connectivity index (χ4n) is 2.79. The molecule has 0 aromatic carbocycles. The smallest absolute Gasteiger partial charge is 0.339 e. The van der Waals surface area contributed by atoms with Crippen LogP contribution in [0.15, 0.2) is 6.07 Å². The summed E-state index contributed by atoms with van der Waals surface area (Å²) >= 11 is 0. The number of nitrogens with one attached hydrogen (secondary N) is 1. The lowest BCUT2D eigenvalue weighted by Gasteiger charge is -2.24. The van der Waals surface area contributed by atoms with Gasteiger partial charge in [-0.15, -0.1) is 0 Å². The number of carbonyl (C=O) groups is 1. The van der Waals surface area contributed by atoms with E-state index in [1.54, 1.807) is 6.07 Å². The van der Waals surface area contributed by atoms with E-state index in [1.807, 2.05) is 0 Å². The van der Waals surface area contributed by atoms with Gasteiger partial charge >= 0.3 is 5.97 Å². The summed E-state index contributed by atoms with van der Waals surface area (Å²) in [6.45, 7) is 1.42. The highest BCUT2D eigenvalue weighted by atomic mass is 16.5. The van der Waals surface area contributed by atoms with Gasteiger partial charge in [0.25, 0.3) is 0 Å². The monoisotopic (exact) mass is 262 g/mol. The Hall–Kier alpha value is -1.62. The summed E-state index contributed by atoms with van der Waals surface area (Å²) in [5.74, 6) is -0.412. The maximum atomic E-state index is 11.4. The molecule has 0 amide bonds. The van der Waals surface area contributed by atoms with E-state index in [0.29, 0.717) is 12.4 Å². The molecule has 19 heavy (non-hydrogen) atoms. The minimum absolute atomic E-state index is 0.166. The van der Waals surface area contributed by atoms with Crippen LogP contribution in [0.2, 0.25) is 0 Å². The van der Waals surface area contributed by atoms with Crippen molar-refractivity contribution in [3.63, 3.8) is 0 Å². The van der Waals surface area contributed by atoms with Gasteiger partial charge in [0.2, 0.25) is 0 Å². The number of carboxylic acid groups (broad SMARTS) is 1. The van der Waals surface area contributed by atoms with E-state index in [0.717, 1.165) is 50.0 Å². The first-order valence-electron chi connectivity index (χ1n) is 6.84. The minimum atomic E-state index is -0.915. The summed E-state index contributed by atoms with van der Waals surface area (Å²) in [7, 11) is 0. The molecule has 5 heteroatoms. The highest BCUT2D eigenvalue weighted by Gasteiger charge is 2.22. The summed E-state index contributed by atoms with van der Waals surface area (Å²) < 4.78 is 5.41. The normalized spacial score (nSPS) is 22.0. The number of hydrogen-bond donors (Lipinski definition) is 2. The van der Waals surface area contributed by atoms with E-state index in [9.17, 15) is 9.90 Å². The molecule has 102 valence electrons. The van der Waals surface area contributed by atoms with Crippen LogP contribution in [0.1, 0.15) is 40.9 Å². The van der Waals surface area contributed by atoms with Crippen LogP contribution >= 0.6 is 0 Å². The second kappa shape index (κ2) is 5.17. The van der Waals surface area contributed by atoms with Gasteiger partial charge in [0, 0.05) is 12.3 Å². The van der Waals surface area contributed by atoms with Gasteiger partial charge in [-0.1, -0.05) is 0 Å². The molecule has 1 aliphatic carbocycles. The first-order chi connectivity index (χ1) is 9.24. The number of ether oxygens (including phenoxy) is 1. The van der Waals surface area contributed by atoms with Crippen molar-refractivity contribution in [3.8, 4) is 0 Å². The van der Waals surface area contributed by atoms with Crippen LogP contribution in [0.25, 0.3) is 0 Å². The molecule has 1 fully saturated rings. The maximum Gasteiger partial charge on any atom is 0.339 e. The Morgan fingerprint density at radius 1 is 1.42 bits per heavy atom. The minimum Gasteiger partial charge on any atom is -0.478 e. The van der Waals surface area contributed by atoms with Gasteiger partial charge in [0.05, 0.1) is 12.6 Å². The zero-order valence-electron chi connectivity index (χ0n) is 10.8. The van der Waals surface area contributed by atoms with Gasteiger partial charge in [-0.3, -0.25) is 0 Å². The first kappa shape index (κ1) is 12.4. The number of rotatable bonds is 3. The Morgan fingerprint density at radius 3 is 3.05 bits per heavy atom. The number of pyridine rings is 1. The van der Waals surface area contributed by atoms with Crippen molar-refractivity contribution in [2.45, 2.75) is 38.1 Å². The fraction of sp³-hybridized carbons (Fsp3) is 0.571. The fourth-order valence-corrected chi connectivity index (χ4v) is 2.79. The van der Waals surface area contributed by atoms with E-state index in [-0.39, 0.29) is 11.6 Å². The molecule has 0 spiro atoms. The van der Waals surface area contributed by atoms with Crippen molar-refractivity contribution in [2.75, 3.05) is 18.5 Å². The highest BCUT2D eigenvalue weighted by molar-refractivity contribution is 5.93. The second-order valence-electron chi connectivity index (χ2n) is 5.21. The van der Waals surface area contributed by atoms with Crippen molar-refractivity contribution in [3.05, 3.63) is 22.9 Å². The number of aromatic carboxylic acids is 1. The average Bonchev–Trinajstić information content (AvgIpc) is 2.86. The first-order valence-corrected chi connectivity index (χ1v) is 6.84. The Labute approximate surface area is 112 Å². The van der Waals surface area contributed by atoms with Crippen molar-refractivity contribution < 1.29 is 14.6 Å². The molecular weight excluding hydrogens is 244 g/mol. The van der Waals surface area contributed by atoms with Gasteiger partial charge in [-0.05, 0) is 43.7 Å². The Balaban J connectivity index is 1.87. The summed E-state index contributed by atoms with van der Waals surface area (Å²) in [5, 5.41) is 12.6. The van der Waals surface area contributed by atoms with E-state index in [2.05, 4.69) is 10.3 Å². The van der Waals surface area contributed by atoms with Gasteiger partial charge in [0.1, 0.15) is 11.4 Å². The molecule has 1 saturated heterocycles. The Kier molecular flexibility index (Phi) is 3.38. The third-order valence-electron chi connectivity index (χ3n) is 3.78. The van der Waals surface area contributed by atoms with Crippen LogP contribution in [-0.2, 0) is 17.6 Å². The maximum absolute atomic E-state index is 11.4. The Morgan fingerprint density at radius 2 is 2.32 bits per heavy atom. The molecule has 0 saturated carbocycles. The summed E-state index contributed by atoms with van der Waals surface area (Å²) in [6, 6.07) is 1.95. The van der Waals surface area contributed by atoms with Crippen LogP contribution in [0.4, 0.5) is 5.82 Å². The summed E-state index contributed by atoms with van der Waals surface area (Å²) in [5.41, 5.74) is 2.42. The van der Waals surface area contributed by atoms with Crippen LogP contribution in [-0.4, -0.2) is 35.3 Å².